The van der Waals surface area contributed by atoms with Gasteiger partial charge in [-0.3, -0.25) is 0 Å². The summed E-state index contributed by atoms with van der Waals surface area (Å²) < 4.78 is 5.39. The number of nitrogen functional groups attached to an aromatic ring is 1. The van der Waals surface area contributed by atoms with Gasteiger partial charge in [0.25, 0.3) is 0 Å². The Morgan fingerprint density at radius 2 is 2.12 bits per heavy atom. The molecule has 0 spiro atoms. The zero-order chi connectivity index (χ0) is 12.3. The molecule has 0 unspecified atom stereocenters. The molecule has 1 aromatic rings. The van der Waals surface area contributed by atoms with Gasteiger partial charge in [0.15, 0.2) is 5.82 Å². The van der Waals surface area contributed by atoms with Gasteiger partial charge in [-0.15, -0.1) is 0 Å². The lowest BCUT2D eigenvalue weighted by Gasteiger charge is -2.26. The third kappa shape index (κ3) is 2.43. The van der Waals surface area contributed by atoms with Crippen LogP contribution in [0.3, 0.4) is 0 Å². The van der Waals surface area contributed by atoms with Crippen LogP contribution in [0.25, 0.3) is 0 Å². The Labute approximate surface area is 102 Å². The second kappa shape index (κ2) is 5.21. The molecule has 0 saturated heterocycles. The van der Waals surface area contributed by atoms with Crippen LogP contribution in [0.5, 0.6) is 5.88 Å². The van der Waals surface area contributed by atoms with E-state index in [0.29, 0.717) is 24.2 Å². The Morgan fingerprint density at radius 3 is 2.76 bits per heavy atom. The molecule has 1 aliphatic carbocycles. The molecular formula is C12H20N4O. The van der Waals surface area contributed by atoms with Crippen molar-refractivity contribution in [3.63, 3.8) is 0 Å². The molecule has 1 aromatic heterocycles. The summed E-state index contributed by atoms with van der Waals surface area (Å²) in [7, 11) is 2.05. The van der Waals surface area contributed by atoms with Crippen LogP contribution >= 0.6 is 0 Å². The highest BCUT2D eigenvalue weighted by Gasteiger charge is 2.23. The van der Waals surface area contributed by atoms with Crippen molar-refractivity contribution in [3.8, 4) is 5.88 Å². The Bertz CT molecular complexity index is 377. The second-order valence-corrected chi connectivity index (χ2v) is 4.40. The van der Waals surface area contributed by atoms with Gasteiger partial charge < -0.3 is 15.4 Å². The number of nitrogens with zero attached hydrogens (tertiary/aromatic N) is 3. The minimum Gasteiger partial charge on any atom is -0.476 e. The number of aromatic nitrogens is 2. The van der Waals surface area contributed by atoms with E-state index in [1.54, 1.807) is 0 Å². The van der Waals surface area contributed by atoms with E-state index in [1.807, 2.05) is 14.0 Å². The average Bonchev–Trinajstić information content (AvgIpc) is 2.85. The van der Waals surface area contributed by atoms with E-state index in [1.165, 1.54) is 32.0 Å². The fraction of sp³-hybridized carbons (Fsp3) is 0.667. The lowest BCUT2D eigenvalue weighted by Crippen LogP contribution is -2.30. The van der Waals surface area contributed by atoms with Crippen LogP contribution in [0.2, 0.25) is 0 Å². The zero-order valence-electron chi connectivity index (χ0n) is 10.5. The molecule has 0 amide bonds. The van der Waals surface area contributed by atoms with Crippen LogP contribution in [0, 0.1) is 0 Å². The average molecular weight is 236 g/mol. The maximum absolute atomic E-state index is 6.05. The quantitative estimate of drug-likeness (QED) is 0.864. The molecule has 0 bridgehead atoms. The van der Waals surface area contributed by atoms with Gasteiger partial charge in [-0.1, -0.05) is 12.8 Å². The standard InChI is InChI=1S/C12H20N4O/c1-3-17-12-10(13)11(14-8-15-12)16(2)9-6-4-5-7-9/h8-9H,3-7,13H2,1-2H3. The highest BCUT2D eigenvalue weighted by atomic mass is 16.5. The Morgan fingerprint density at radius 1 is 1.41 bits per heavy atom. The van der Waals surface area contributed by atoms with Gasteiger partial charge >= 0.3 is 0 Å². The number of ether oxygens (including phenoxy) is 1. The lowest BCUT2D eigenvalue weighted by molar-refractivity contribution is 0.328. The van der Waals surface area contributed by atoms with Crippen LogP contribution in [0.1, 0.15) is 32.6 Å². The van der Waals surface area contributed by atoms with Crippen LogP contribution < -0.4 is 15.4 Å². The van der Waals surface area contributed by atoms with Crippen molar-refractivity contribution in [2.24, 2.45) is 0 Å². The monoisotopic (exact) mass is 236 g/mol. The molecule has 1 fully saturated rings. The van der Waals surface area contributed by atoms with Crippen molar-refractivity contribution in [1.29, 1.82) is 0 Å². The third-order valence-corrected chi connectivity index (χ3v) is 3.31. The van der Waals surface area contributed by atoms with Gasteiger partial charge in [0.05, 0.1) is 6.61 Å². The molecule has 17 heavy (non-hydrogen) atoms. The summed E-state index contributed by atoms with van der Waals surface area (Å²) in [6.07, 6.45) is 6.52. The number of anilines is 2. The summed E-state index contributed by atoms with van der Waals surface area (Å²) in [5.41, 5.74) is 6.59. The van der Waals surface area contributed by atoms with E-state index in [2.05, 4.69) is 14.9 Å². The normalized spacial score (nSPS) is 16.1. The third-order valence-electron chi connectivity index (χ3n) is 3.31. The second-order valence-electron chi connectivity index (χ2n) is 4.40. The Hall–Kier alpha value is -1.52. The molecule has 0 aromatic carbocycles. The number of hydrogen-bond donors (Lipinski definition) is 1. The van der Waals surface area contributed by atoms with Crippen molar-refractivity contribution in [2.45, 2.75) is 38.6 Å². The molecule has 0 radical (unpaired) electrons. The summed E-state index contributed by atoms with van der Waals surface area (Å²) >= 11 is 0. The minimum absolute atomic E-state index is 0.488. The van der Waals surface area contributed by atoms with Crippen molar-refractivity contribution in [3.05, 3.63) is 6.33 Å². The van der Waals surface area contributed by atoms with E-state index < -0.39 is 0 Å². The first-order chi connectivity index (χ1) is 8.24. The predicted molar refractivity (Wildman–Crippen MR) is 68.3 cm³/mol. The van der Waals surface area contributed by atoms with Gasteiger partial charge in [-0.05, 0) is 19.8 Å². The molecule has 5 heteroatoms. The maximum atomic E-state index is 6.05. The van der Waals surface area contributed by atoms with E-state index in [-0.39, 0.29) is 0 Å². The topological polar surface area (TPSA) is 64.3 Å². The van der Waals surface area contributed by atoms with Crippen LogP contribution in [0.4, 0.5) is 11.5 Å². The first kappa shape index (κ1) is 12.0. The zero-order valence-corrected chi connectivity index (χ0v) is 10.5. The highest BCUT2D eigenvalue weighted by molar-refractivity contribution is 5.67. The summed E-state index contributed by atoms with van der Waals surface area (Å²) in [6.45, 7) is 2.48. The van der Waals surface area contributed by atoms with Gasteiger partial charge in [0, 0.05) is 13.1 Å². The first-order valence-electron chi connectivity index (χ1n) is 6.20. The fourth-order valence-corrected chi connectivity index (χ4v) is 2.37. The molecule has 1 saturated carbocycles. The Kier molecular flexibility index (Phi) is 3.66. The fourth-order valence-electron chi connectivity index (χ4n) is 2.37. The van der Waals surface area contributed by atoms with E-state index in [9.17, 15) is 0 Å². The molecule has 1 aliphatic rings. The molecule has 0 aliphatic heterocycles. The van der Waals surface area contributed by atoms with Crippen LogP contribution in [-0.4, -0.2) is 29.7 Å². The minimum atomic E-state index is 0.488. The van der Waals surface area contributed by atoms with Crippen LogP contribution in [-0.2, 0) is 0 Å². The molecule has 94 valence electrons. The molecular weight excluding hydrogens is 216 g/mol. The Balaban J connectivity index is 2.21. The lowest BCUT2D eigenvalue weighted by atomic mass is 10.2. The van der Waals surface area contributed by atoms with Crippen molar-refractivity contribution < 1.29 is 4.74 Å². The largest absolute Gasteiger partial charge is 0.476 e. The summed E-state index contributed by atoms with van der Waals surface area (Å²) in [5.74, 6) is 1.28. The summed E-state index contributed by atoms with van der Waals surface area (Å²) in [6, 6.07) is 0.543. The van der Waals surface area contributed by atoms with Gasteiger partial charge in [-0.2, -0.15) is 4.98 Å². The van der Waals surface area contributed by atoms with Gasteiger partial charge in [0.1, 0.15) is 12.0 Å². The SMILES string of the molecule is CCOc1ncnc(N(C)C2CCCC2)c1N. The summed E-state index contributed by atoms with van der Waals surface area (Å²) in [5, 5.41) is 0. The van der Waals surface area contributed by atoms with E-state index >= 15 is 0 Å². The molecule has 2 rings (SSSR count). The number of rotatable bonds is 4. The van der Waals surface area contributed by atoms with Crippen molar-refractivity contribution in [2.75, 3.05) is 24.3 Å². The predicted octanol–water partition coefficient (Wildman–Crippen LogP) is 1.84. The van der Waals surface area contributed by atoms with Gasteiger partial charge in [-0.25, -0.2) is 4.98 Å². The van der Waals surface area contributed by atoms with Gasteiger partial charge in [0.2, 0.25) is 5.88 Å². The van der Waals surface area contributed by atoms with Crippen molar-refractivity contribution in [1.82, 2.24) is 9.97 Å². The molecule has 1 heterocycles. The maximum Gasteiger partial charge on any atom is 0.242 e. The summed E-state index contributed by atoms with van der Waals surface area (Å²) in [4.78, 5) is 10.5. The number of hydrogen-bond acceptors (Lipinski definition) is 5. The van der Waals surface area contributed by atoms with E-state index in [4.69, 9.17) is 10.5 Å². The smallest absolute Gasteiger partial charge is 0.242 e. The number of nitrogens with two attached hydrogens (primary N) is 1. The van der Waals surface area contributed by atoms with E-state index in [0.717, 1.165) is 5.82 Å². The molecule has 2 N–H and O–H groups in total. The van der Waals surface area contributed by atoms with Crippen LogP contribution in [0.15, 0.2) is 6.33 Å². The first-order valence-corrected chi connectivity index (χ1v) is 6.20. The molecule has 5 nitrogen and oxygen atoms in total. The van der Waals surface area contributed by atoms with Crippen molar-refractivity contribution >= 4 is 11.5 Å². The molecule has 0 atom stereocenters. The highest BCUT2D eigenvalue weighted by Crippen LogP contribution is 2.32.